The van der Waals surface area contributed by atoms with Crippen LogP contribution in [0.1, 0.15) is 0 Å². The molecular weight excluding hydrogens is 442 g/mol. The number of ether oxygens (including phenoxy) is 1. The second kappa shape index (κ2) is 8.21. The van der Waals surface area contributed by atoms with E-state index in [-0.39, 0.29) is 22.9 Å². The number of methoxy groups -OCH3 is 1. The van der Waals surface area contributed by atoms with Crippen molar-refractivity contribution in [3.63, 3.8) is 0 Å². The van der Waals surface area contributed by atoms with Crippen molar-refractivity contribution in [3.8, 4) is 5.75 Å². The molecule has 1 aromatic heterocycles. The van der Waals surface area contributed by atoms with E-state index in [1.54, 1.807) is 6.07 Å². The molecule has 11 heteroatoms. The summed E-state index contributed by atoms with van der Waals surface area (Å²) >= 11 is 3.51. The largest absolute Gasteiger partial charge is 0.494 e. The third-order valence-electron chi connectivity index (χ3n) is 3.22. The van der Waals surface area contributed by atoms with E-state index >= 15 is 0 Å². The van der Waals surface area contributed by atoms with E-state index in [0.717, 1.165) is 10.6 Å². The Morgan fingerprint density at radius 1 is 1.31 bits per heavy atom. The van der Waals surface area contributed by atoms with Gasteiger partial charge in [0, 0.05) is 17.6 Å². The number of hydrogen-bond acceptors (Lipinski definition) is 5. The summed E-state index contributed by atoms with van der Waals surface area (Å²) in [6.45, 7) is 0. The zero-order chi connectivity index (χ0) is 19.5. The van der Waals surface area contributed by atoms with Crippen LogP contribution in [0.2, 0.25) is 0 Å². The number of nitrogens with zero attached hydrogens (tertiary/aromatic N) is 1. The number of hydrogen-bond donors (Lipinski definition) is 2. The van der Waals surface area contributed by atoms with Gasteiger partial charge in [-0.05, 0) is 30.1 Å². The molecule has 2 N–H and O–H groups in total. The summed E-state index contributed by atoms with van der Waals surface area (Å²) < 4.78 is 60.6. The van der Waals surface area contributed by atoms with Gasteiger partial charge in [-0.1, -0.05) is 15.9 Å². The molecule has 0 saturated heterocycles. The predicted octanol–water partition coefficient (Wildman–Crippen LogP) is 4.66. The fourth-order valence-corrected chi connectivity index (χ4v) is 2.90. The van der Waals surface area contributed by atoms with Crippen molar-refractivity contribution in [1.29, 1.82) is 0 Å². The van der Waals surface area contributed by atoms with Crippen molar-refractivity contribution in [2.45, 2.75) is 6.18 Å². The molecule has 26 heavy (non-hydrogen) atoms. The SMILES string of the molecule is COc1cc(=O)n(C)c(Nc2ccc(Br)cc2F)c1NSCC(F)(F)F. The molecule has 0 unspecified atom stereocenters. The van der Waals surface area contributed by atoms with Crippen LogP contribution in [0.5, 0.6) is 5.75 Å². The van der Waals surface area contributed by atoms with Crippen LogP contribution in [0, 0.1) is 5.82 Å². The third kappa shape index (κ3) is 5.07. The van der Waals surface area contributed by atoms with E-state index in [2.05, 4.69) is 26.0 Å². The third-order valence-corrected chi connectivity index (χ3v) is 4.53. The summed E-state index contributed by atoms with van der Waals surface area (Å²) in [5.41, 5.74) is -0.347. The van der Waals surface area contributed by atoms with Crippen LogP contribution in [-0.4, -0.2) is 23.6 Å². The van der Waals surface area contributed by atoms with Gasteiger partial charge in [-0.15, -0.1) is 0 Å². The van der Waals surface area contributed by atoms with Gasteiger partial charge in [0.05, 0.1) is 12.8 Å². The first-order valence-electron chi connectivity index (χ1n) is 7.07. The lowest BCUT2D eigenvalue weighted by Gasteiger charge is -2.19. The maximum Gasteiger partial charge on any atom is 0.399 e. The van der Waals surface area contributed by atoms with Crippen molar-refractivity contribution in [3.05, 3.63) is 44.9 Å². The first-order valence-corrected chi connectivity index (χ1v) is 8.85. The normalized spacial score (nSPS) is 11.3. The second-order valence-corrected chi connectivity index (χ2v) is 6.79. The van der Waals surface area contributed by atoms with E-state index in [1.807, 2.05) is 0 Å². The van der Waals surface area contributed by atoms with Crippen LogP contribution in [0.4, 0.5) is 34.8 Å². The van der Waals surface area contributed by atoms with Crippen LogP contribution in [0.15, 0.2) is 33.5 Å². The van der Waals surface area contributed by atoms with Gasteiger partial charge in [-0.2, -0.15) is 13.2 Å². The molecule has 0 atom stereocenters. The Balaban J connectivity index is 2.44. The van der Waals surface area contributed by atoms with Crippen molar-refractivity contribution in [2.24, 2.45) is 7.05 Å². The van der Waals surface area contributed by atoms with Crippen molar-refractivity contribution in [1.82, 2.24) is 4.57 Å². The summed E-state index contributed by atoms with van der Waals surface area (Å²) in [5.74, 6) is -1.68. The highest BCUT2D eigenvalue weighted by atomic mass is 79.9. The lowest BCUT2D eigenvalue weighted by molar-refractivity contribution is -0.105. The second-order valence-electron chi connectivity index (χ2n) is 5.09. The molecule has 0 aliphatic rings. The number of alkyl halides is 3. The number of benzene rings is 1. The molecule has 0 saturated carbocycles. The Kier molecular flexibility index (Phi) is 6.45. The molecule has 0 spiro atoms. The van der Waals surface area contributed by atoms with Crippen LogP contribution in [0.3, 0.4) is 0 Å². The number of pyridine rings is 1. The van der Waals surface area contributed by atoms with Crippen molar-refractivity contribution >= 4 is 45.1 Å². The maximum atomic E-state index is 14.1. The Bertz CT molecular complexity index is 858. The molecule has 0 fully saturated rings. The first-order chi connectivity index (χ1) is 12.1. The quantitative estimate of drug-likeness (QED) is 0.489. The fraction of sp³-hybridized carbons (Fsp3) is 0.267. The zero-order valence-corrected chi connectivity index (χ0v) is 16.0. The van der Waals surface area contributed by atoms with Crippen LogP contribution >= 0.6 is 27.9 Å². The Hall–Kier alpha value is -1.88. The van der Waals surface area contributed by atoms with Gasteiger partial charge < -0.3 is 14.8 Å². The highest BCUT2D eigenvalue weighted by Crippen LogP contribution is 2.36. The smallest absolute Gasteiger partial charge is 0.399 e. The molecule has 0 radical (unpaired) electrons. The van der Waals surface area contributed by atoms with Crippen molar-refractivity contribution in [2.75, 3.05) is 22.9 Å². The van der Waals surface area contributed by atoms with Gasteiger partial charge in [-0.25, -0.2) is 4.39 Å². The molecule has 2 rings (SSSR count). The molecule has 0 bridgehead atoms. The molecule has 0 aliphatic carbocycles. The zero-order valence-electron chi connectivity index (χ0n) is 13.6. The van der Waals surface area contributed by atoms with Gasteiger partial charge in [-0.3, -0.25) is 9.36 Å². The molecule has 0 amide bonds. The standard InChI is InChI=1S/C15H14BrF4N3O2S/c1-23-12(24)6-11(25-2)13(22-26-7-15(18,19)20)14(23)21-10-4-3-8(16)5-9(10)17/h3-6,21-22H,7H2,1-2H3. The minimum atomic E-state index is -4.38. The summed E-state index contributed by atoms with van der Waals surface area (Å²) in [6.07, 6.45) is -4.38. The van der Waals surface area contributed by atoms with E-state index in [4.69, 9.17) is 4.74 Å². The Morgan fingerprint density at radius 3 is 2.58 bits per heavy atom. The Morgan fingerprint density at radius 2 is 2.00 bits per heavy atom. The Labute approximate surface area is 159 Å². The van der Waals surface area contributed by atoms with Gasteiger partial charge in [0.2, 0.25) is 0 Å². The lowest BCUT2D eigenvalue weighted by Crippen LogP contribution is -2.21. The monoisotopic (exact) mass is 455 g/mol. The summed E-state index contributed by atoms with van der Waals surface area (Å²) in [5, 5.41) is 2.73. The first kappa shape index (κ1) is 20.4. The van der Waals surface area contributed by atoms with E-state index < -0.39 is 23.3 Å². The number of aromatic nitrogens is 1. The lowest BCUT2D eigenvalue weighted by atomic mass is 10.3. The number of rotatable bonds is 6. The molecule has 1 heterocycles. The molecular formula is C15H14BrF4N3O2S. The summed E-state index contributed by atoms with van der Waals surface area (Å²) in [7, 11) is 2.68. The number of anilines is 3. The molecule has 142 valence electrons. The molecule has 1 aromatic carbocycles. The van der Waals surface area contributed by atoms with Gasteiger partial charge in [0.1, 0.15) is 23.1 Å². The topological polar surface area (TPSA) is 55.3 Å². The van der Waals surface area contributed by atoms with Crippen LogP contribution in [-0.2, 0) is 7.05 Å². The minimum Gasteiger partial charge on any atom is -0.494 e. The minimum absolute atomic E-state index is 0.0304. The number of nitrogens with one attached hydrogen (secondary N) is 2. The number of halogens is 5. The maximum absolute atomic E-state index is 14.1. The van der Waals surface area contributed by atoms with E-state index in [9.17, 15) is 22.4 Å². The van der Waals surface area contributed by atoms with Gasteiger partial charge in [0.15, 0.2) is 5.75 Å². The van der Waals surface area contributed by atoms with Crippen LogP contribution in [0.25, 0.3) is 0 Å². The summed E-state index contributed by atoms with van der Waals surface area (Å²) in [6, 6.07) is 5.34. The highest BCUT2D eigenvalue weighted by Gasteiger charge is 2.28. The van der Waals surface area contributed by atoms with Crippen LogP contribution < -0.4 is 20.3 Å². The van der Waals surface area contributed by atoms with Gasteiger partial charge >= 0.3 is 6.18 Å². The highest BCUT2D eigenvalue weighted by molar-refractivity contribution is 9.10. The summed E-state index contributed by atoms with van der Waals surface area (Å²) in [4.78, 5) is 12.1. The van der Waals surface area contributed by atoms with E-state index in [1.165, 1.54) is 26.3 Å². The average Bonchev–Trinajstić information content (AvgIpc) is 2.54. The van der Waals surface area contributed by atoms with Gasteiger partial charge in [0.25, 0.3) is 5.56 Å². The van der Waals surface area contributed by atoms with Crippen molar-refractivity contribution < 1.29 is 22.3 Å². The average molecular weight is 456 g/mol. The van der Waals surface area contributed by atoms with E-state index in [0.29, 0.717) is 16.4 Å². The molecule has 0 aliphatic heterocycles. The predicted molar refractivity (Wildman–Crippen MR) is 97.8 cm³/mol. The molecule has 5 nitrogen and oxygen atoms in total. The fourth-order valence-electron chi connectivity index (χ4n) is 1.99. The molecule has 2 aromatic rings.